The van der Waals surface area contributed by atoms with E-state index < -0.39 is 15.4 Å². The van der Waals surface area contributed by atoms with Gasteiger partial charge in [0.2, 0.25) is 21.8 Å². The van der Waals surface area contributed by atoms with Crippen molar-refractivity contribution in [2.24, 2.45) is 5.41 Å². The van der Waals surface area contributed by atoms with E-state index in [0.717, 1.165) is 0 Å². The maximum atomic E-state index is 13.5. The molecule has 2 fully saturated rings. The number of benzene rings is 2. The normalized spacial score (nSPS) is 24.3. The van der Waals surface area contributed by atoms with E-state index in [0.29, 0.717) is 31.5 Å². The van der Waals surface area contributed by atoms with Crippen LogP contribution < -0.4 is 5.32 Å². The van der Waals surface area contributed by atoms with Crippen molar-refractivity contribution >= 4 is 27.5 Å². The van der Waals surface area contributed by atoms with Crippen LogP contribution in [0.1, 0.15) is 26.2 Å². The summed E-state index contributed by atoms with van der Waals surface area (Å²) in [6, 6.07) is 17.2. The first-order chi connectivity index (χ1) is 14.8. The summed E-state index contributed by atoms with van der Waals surface area (Å²) in [6.07, 6.45) is 1.31. The van der Waals surface area contributed by atoms with E-state index >= 15 is 0 Å². The van der Waals surface area contributed by atoms with Gasteiger partial charge in [-0.15, -0.1) is 0 Å². The molecular weight excluding hydrogens is 414 g/mol. The molecule has 2 aliphatic rings. The van der Waals surface area contributed by atoms with Gasteiger partial charge in [0.15, 0.2) is 0 Å². The van der Waals surface area contributed by atoms with Gasteiger partial charge in [-0.25, -0.2) is 8.42 Å². The number of carbonyl (C=O) groups excluding carboxylic acids is 2. The highest BCUT2D eigenvalue weighted by Gasteiger charge is 2.54. The maximum absolute atomic E-state index is 13.5. The molecule has 1 N–H and O–H groups in total. The number of sulfonamides is 1. The van der Waals surface area contributed by atoms with Crippen molar-refractivity contribution in [3.63, 3.8) is 0 Å². The molecule has 0 aromatic heterocycles. The Labute approximate surface area is 183 Å². The predicted octanol–water partition coefficient (Wildman–Crippen LogP) is 2.72. The minimum atomic E-state index is -3.67. The van der Waals surface area contributed by atoms with Crippen LogP contribution in [0.3, 0.4) is 0 Å². The summed E-state index contributed by atoms with van der Waals surface area (Å²) in [5.41, 5.74) is -0.123. The fourth-order valence-corrected chi connectivity index (χ4v) is 6.36. The number of rotatable bonds is 4. The van der Waals surface area contributed by atoms with Gasteiger partial charge in [0.25, 0.3) is 0 Å². The summed E-state index contributed by atoms with van der Waals surface area (Å²) >= 11 is 0. The number of anilines is 1. The van der Waals surface area contributed by atoms with Gasteiger partial charge in [-0.1, -0.05) is 36.4 Å². The molecule has 2 amide bonds. The van der Waals surface area contributed by atoms with Gasteiger partial charge < -0.3 is 10.2 Å². The smallest absolute Gasteiger partial charge is 0.243 e. The van der Waals surface area contributed by atoms with Crippen LogP contribution in [0.2, 0.25) is 0 Å². The van der Waals surface area contributed by atoms with Gasteiger partial charge >= 0.3 is 0 Å². The van der Waals surface area contributed by atoms with E-state index in [1.54, 1.807) is 35.2 Å². The minimum Gasteiger partial charge on any atom is -0.339 e. The second-order valence-electron chi connectivity index (χ2n) is 8.21. The lowest BCUT2D eigenvalue weighted by Crippen LogP contribution is -2.48. The molecular formula is C23H27N3O4S. The molecule has 0 aliphatic carbocycles. The van der Waals surface area contributed by atoms with Crippen LogP contribution in [0.15, 0.2) is 65.6 Å². The zero-order valence-corrected chi connectivity index (χ0v) is 18.3. The van der Waals surface area contributed by atoms with E-state index in [4.69, 9.17) is 0 Å². The number of likely N-dealkylation sites (tertiary alicyclic amines) is 1. The van der Waals surface area contributed by atoms with Crippen LogP contribution in [-0.4, -0.2) is 55.1 Å². The summed E-state index contributed by atoms with van der Waals surface area (Å²) in [5, 5.41) is 3.00. The topological polar surface area (TPSA) is 86.8 Å². The van der Waals surface area contributed by atoms with Crippen LogP contribution >= 0.6 is 0 Å². The summed E-state index contributed by atoms with van der Waals surface area (Å²) < 4.78 is 27.8. The number of nitrogens with zero attached hydrogens (tertiary/aromatic N) is 2. The molecule has 2 heterocycles. The molecule has 0 saturated carbocycles. The third kappa shape index (κ3) is 3.97. The Bertz CT molecular complexity index is 1060. The first kappa shape index (κ1) is 21.5. The van der Waals surface area contributed by atoms with Gasteiger partial charge in [0.1, 0.15) is 0 Å². The molecule has 2 aromatic carbocycles. The molecule has 0 radical (unpaired) electrons. The van der Waals surface area contributed by atoms with Crippen molar-refractivity contribution in [1.82, 2.24) is 9.21 Å². The molecule has 0 bridgehead atoms. The standard InChI is InChI=1S/C23H27N3O4S/c1-18(27)26-17-14-23(22(28)24-19-8-4-2-5-9-19)13-16-25(15-12-21(23)26)31(29,30)20-10-6-3-7-11-20/h2-11,21H,12-17H2,1H3,(H,24,28)/t21-,23+/m0/s1. The number of amides is 2. The molecule has 2 aromatic rings. The Morgan fingerprint density at radius 2 is 1.55 bits per heavy atom. The SMILES string of the molecule is CC(=O)N1CC[C@]2(C(=O)Nc3ccccc3)CCN(S(=O)(=O)c3ccccc3)CC[C@H]12. The monoisotopic (exact) mass is 441 g/mol. The lowest BCUT2D eigenvalue weighted by molar-refractivity contribution is -0.133. The lowest BCUT2D eigenvalue weighted by Gasteiger charge is -2.35. The molecule has 0 spiro atoms. The Morgan fingerprint density at radius 3 is 2.19 bits per heavy atom. The van der Waals surface area contributed by atoms with Crippen LogP contribution in [-0.2, 0) is 19.6 Å². The average molecular weight is 442 g/mol. The van der Waals surface area contributed by atoms with Gasteiger partial charge in [-0.05, 0) is 43.5 Å². The van der Waals surface area contributed by atoms with Crippen molar-refractivity contribution < 1.29 is 18.0 Å². The highest BCUT2D eigenvalue weighted by atomic mass is 32.2. The second-order valence-corrected chi connectivity index (χ2v) is 10.1. The van der Waals surface area contributed by atoms with Gasteiger partial charge in [0.05, 0.1) is 10.3 Å². The van der Waals surface area contributed by atoms with Crippen molar-refractivity contribution in [1.29, 1.82) is 0 Å². The summed E-state index contributed by atoms with van der Waals surface area (Å²) in [5.74, 6) is -0.231. The summed E-state index contributed by atoms with van der Waals surface area (Å²) in [7, 11) is -3.67. The van der Waals surface area contributed by atoms with E-state index in [-0.39, 0.29) is 35.8 Å². The maximum Gasteiger partial charge on any atom is 0.243 e. The lowest BCUT2D eigenvalue weighted by atomic mass is 9.75. The van der Waals surface area contributed by atoms with E-state index in [1.165, 1.54) is 11.2 Å². The zero-order chi connectivity index (χ0) is 22.1. The third-order valence-corrected chi connectivity index (χ3v) is 8.45. The van der Waals surface area contributed by atoms with E-state index in [9.17, 15) is 18.0 Å². The number of hydrogen-bond donors (Lipinski definition) is 1. The number of para-hydroxylation sites is 1. The first-order valence-electron chi connectivity index (χ1n) is 10.5. The summed E-state index contributed by atoms with van der Waals surface area (Å²) in [4.78, 5) is 27.8. The fraction of sp³-hybridized carbons (Fsp3) is 0.391. The average Bonchev–Trinajstić information content (AvgIpc) is 3.03. The van der Waals surface area contributed by atoms with Crippen LogP contribution in [0, 0.1) is 5.41 Å². The van der Waals surface area contributed by atoms with Gasteiger partial charge in [0, 0.05) is 38.3 Å². The second kappa shape index (κ2) is 8.43. The molecule has 2 atom stereocenters. The summed E-state index contributed by atoms with van der Waals surface area (Å²) in [6.45, 7) is 2.52. The molecule has 2 aliphatic heterocycles. The van der Waals surface area contributed by atoms with E-state index in [1.807, 2.05) is 30.3 Å². The Kier molecular flexibility index (Phi) is 5.85. The minimum absolute atomic E-state index is 0.0845. The third-order valence-electron chi connectivity index (χ3n) is 6.54. The Morgan fingerprint density at radius 1 is 0.935 bits per heavy atom. The molecule has 31 heavy (non-hydrogen) atoms. The molecule has 4 rings (SSSR count). The number of nitrogens with one attached hydrogen (secondary N) is 1. The van der Waals surface area contributed by atoms with Crippen molar-refractivity contribution in [3.8, 4) is 0 Å². The molecule has 164 valence electrons. The van der Waals surface area contributed by atoms with Crippen molar-refractivity contribution in [2.45, 2.75) is 37.1 Å². The fourth-order valence-electron chi connectivity index (χ4n) is 4.88. The Balaban J connectivity index is 1.64. The van der Waals surface area contributed by atoms with Crippen molar-refractivity contribution in [3.05, 3.63) is 60.7 Å². The quantitative estimate of drug-likeness (QED) is 0.790. The van der Waals surface area contributed by atoms with Crippen LogP contribution in [0.4, 0.5) is 5.69 Å². The van der Waals surface area contributed by atoms with Gasteiger partial charge in [-0.2, -0.15) is 4.31 Å². The van der Waals surface area contributed by atoms with Crippen LogP contribution in [0.25, 0.3) is 0 Å². The molecule has 7 nitrogen and oxygen atoms in total. The number of fused-ring (bicyclic) bond motifs is 1. The molecule has 2 saturated heterocycles. The predicted molar refractivity (Wildman–Crippen MR) is 118 cm³/mol. The van der Waals surface area contributed by atoms with Crippen molar-refractivity contribution in [2.75, 3.05) is 25.0 Å². The van der Waals surface area contributed by atoms with Gasteiger partial charge in [-0.3, -0.25) is 9.59 Å². The largest absolute Gasteiger partial charge is 0.339 e. The number of hydrogen-bond acceptors (Lipinski definition) is 4. The highest BCUT2D eigenvalue weighted by molar-refractivity contribution is 7.89. The molecule has 8 heteroatoms. The zero-order valence-electron chi connectivity index (χ0n) is 17.5. The van der Waals surface area contributed by atoms with Crippen LogP contribution in [0.5, 0.6) is 0 Å². The molecule has 0 unspecified atom stereocenters. The highest BCUT2D eigenvalue weighted by Crippen LogP contribution is 2.45. The first-order valence-corrected chi connectivity index (χ1v) is 12.0. The van der Waals surface area contributed by atoms with E-state index in [2.05, 4.69) is 5.32 Å². The number of carbonyl (C=O) groups is 2. The Hall–Kier alpha value is -2.71.